The van der Waals surface area contributed by atoms with Gasteiger partial charge in [0.1, 0.15) is 18.4 Å². The van der Waals surface area contributed by atoms with E-state index in [9.17, 15) is 22.4 Å². The van der Waals surface area contributed by atoms with E-state index in [1.165, 1.54) is 24.1 Å². The third-order valence-electron chi connectivity index (χ3n) is 6.18. The van der Waals surface area contributed by atoms with Crippen LogP contribution in [0.15, 0.2) is 72.8 Å². The van der Waals surface area contributed by atoms with Crippen LogP contribution in [0.4, 0.5) is 10.1 Å². The number of rotatable bonds is 10. The summed E-state index contributed by atoms with van der Waals surface area (Å²) in [5, 5.41) is 2.60. The second kappa shape index (κ2) is 12.0. The number of carbonyl (C=O) groups is 2. The summed E-state index contributed by atoms with van der Waals surface area (Å²) in [4.78, 5) is 28.2. The van der Waals surface area contributed by atoms with Crippen LogP contribution in [0.3, 0.4) is 0 Å². The van der Waals surface area contributed by atoms with Gasteiger partial charge in [0.15, 0.2) is 0 Å². The van der Waals surface area contributed by atoms with Crippen molar-refractivity contribution < 1.29 is 22.4 Å². The van der Waals surface area contributed by atoms with Crippen molar-refractivity contribution in [3.05, 3.63) is 101 Å². The van der Waals surface area contributed by atoms with Crippen molar-refractivity contribution >= 4 is 27.5 Å². The summed E-state index contributed by atoms with van der Waals surface area (Å²) in [6, 6.07) is 19.5. The van der Waals surface area contributed by atoms with E-state index in [2.05, 4.69) is 5.32 Å². The molecule has 0 radical (unpaired) electrons. The maximum Gasteiger partial charge on any atom is 0.244 e. The molecule has 0 fully saturated rings. The van der Waals surface area contributed by atoms with Gasteiger partial charge in [-0.2, -0.15) is 0 Å². The van der Waals surface area contributed by atoms with Crippen molar-refractivity contribution in [1.82, 2.24) is 10.2 Å². The molecule has 0 aliphatic heterocycles. The Kier molecular flexibility index (Phi) is 9.04. The molecule has 3 rings (SSSR count). The van der Waals surface area contributed by atoms with Gasteiger partial charge in [0, 0.05) is 25.6 Å². The maximum atomic E-state index is 14.7. The molecule has 1 atom stereocenters. The second-order valence-electron chi connectivity index (χ2n) is 8.94. The topological polar surface area (TPSA) is 86.8 Å². The number of sulfonamides is 1. The number of nitrogens with one attached hydrogen (secondary N) is 1. The molecule has 0 saturated carbocycles. The summed E-state index contributed by atoms with van der Waals surface area (Å²) in [6.45, 7) is 2.79. The van der Waals surface area contributed by atoms with Gasteiger partial charge >= 0.3 is 0 Å². The number of benzene rings is 3. The van der Waals surface area contributed by atoms with E-state index < -0.39 is 40.2 Å². The van der Waals surface area contributed by atoms with E-state index >= 15 is 0 Å². The SMILES string of the molecule is CNC(=O)[C@H](Cc1ccccc1)N(Cc1ccccc1F)C(=O)CN(c1c(C)cccc1C)S(C)(=O)=O. The normalized spacial score (nSPS) is 12.0. The van der Waals surface area contributed by atoms with E-state index in [1.54, 1.807) is 38.1 Å². The molecule has 3 aromatic rings. The van der Waals surface area contributed by atoms with Crippen molar-refractivity contribution in [2.75, 3.05) is 24.2 Å². The molecule has 0 aromatic heterocycles. The lowest BCUT2D eigenvalue weighted by Gasteiger charge is -2.34. The van der Waals surface area contributed by atoms with Crippen LogP contribution in [0.25, 0.3) is 0 Å². The Morgan fingerprint density at radius 2 is 1.51 bits per heavy atom. The molecule has 0 bridgehead atoms. The summed E-state index contributed by atoms with van der Waals surface area (Å²) in [5.41, 5.74) is 2.80. The fraction of sp³-hybridized carbons (Fsp3) is 0.286. The van der Waals surface area contributed by atoms with E-state index in [0.717, 1.165) is 16.1 Å². The number of amides is 2. The van der Waals surface area contributed by atoms with E-state index in [0.29, 0.717) is 16.8 Å². The Balaban J connectivity index is 2.08. The van der Waals surface area contributed by atoms with Crippen LogP contribution >= 0.6 is 0 Å². The first-order valence-electron chi connectivity index (χ1n) is 11.8. The predicted octanol–water partition coefficient (Wildman–Crippen LogP) is 3.59. The third kappa shape index (κ3) is 6.95. The van der Waals surface area contributed by atoms with E-state index in [1.807, 2.05) is 36.4 Å². The first-order chi connectivity index (χ1) is 17.5. The molecule has 1 N–H and O–H groups in total. The van der Waals surface area contributed by atoms with Gasteiger partial charge < -0.3 is 10.2 Å². The number of hydrogen-bond donors (Lipinski definition) is 1. The Bertz CT molecular complexity index is 1340. The first-order valence-corrected chi connectivity index (χ1v) is 13.7. The number of nitrogens with zero attached hydrogens (tertiary/aromatic N) is 2. The van der Waals surface area contributed by atoms with Crippen LogP contribution in [0.1, 0.15) is 22.3 Å². The lowest BCUT2D eigenvalue weighted by atomic mass is 10.0. The van der Waals surface area contributed by atoms with Gasteiger partial charge in [0.05, 0.1) is 11.9 Å². The molecular formula is C28H32FN3O4S. The minimum absolute atomic E-state index is 0.170. The third-order valence-corrected chi connectivity index (χ3v) is 7.30. The highest BCUT2D eigenvalue weighted by Crippen LogP contribution is 2.27. The van der Waals surface area contributed by atoms with Gasteiger partial charge in [-0.25, -0.2) is 12.8 Å². The van der Waals surface area contributed by atoms with Crippen molar-refractivity contribution in [1.29, 1.82) is 0 Å². The van der Waals surface area contributed by atoms with Crippen LogP contribution in [-0.2, 0) is 32.6 Å². The molecule has 196 valence electrons. The minimum Gasteiger partial charge on any atom is -0.357 e. The van der Waals surface area contributed by atoms with E-state index in [4.69, 9.17) is 0 Å². The summed E-state index contributed by atoms with van der Waals surface area (Å²) in [6.07, 6.45) is 1.20. The molecule has 9 heteroatoms. The predicted molar refractivity (Wildman–Crippen MR) is 143 cm³/mol. The molecular weight excluding hydrogens is 493 g/mol. The average Bonchev–Trinajstić information content (AvgIpc) is 2.86. The maximum absolute atomic E-state index is 14.7. The number of hydrogen-bond acceptors (Lipinski definition) is 4. The lowest BCUT2D eigenvalue weighted by Crippen LogP contribution is -2.53. The fourth-order valence-corrected chi connectivity index (χ4v) is 5.27. The van der Waals surface area contributed by atoms with Crippen LogP contribution in [-0.4, -0.2) is 51.0 Å². The summed E-state index contributed by atoms with van der Waals surface area (Å²) in [5.74, 6) is -1.59. The van der Waals surface area contributed by atoms with Crippen molar-refractivity contribution in [2.24, 2.45) is 0 Å². The van der Waals surface area contributed by atoms with Gasteiger partial charge in [-0.05, 0) is 36.6 Å². The zero-order valence-electron chi connectivity index (χ0n) is 21.4. The van der Waals surface area contributed by atoms with Gasteiger partial charge in [-0.1, -0.05) is 66.7 Å². The van der Waals surface area contributed by atoms with Crippen molar-refractivity contribution in [3.8, 4) is 0 Å². The number of carbonyl (C=O) groups excluding carboxylic acids is 2. The Morgan fingerprint density at radius 1 is 0.919 bits per heavy atom. The average molecular weight is 526 g/mol. The Labute approximate surface area is 218 Å². The monoisotopic (exact) mass is 525 g/mol. The molecule has 2 amide bonds. The van der Waals surface area contributed by atoms with Crippen LogP contribution < -0.4 is 9.62 Å². The van der Waals surface area contributed by atoms with E-state index in [-0.39, 0.29) is 18.5 Å². The molecule has 0 aliphatic carbocycles. The molecule has 0 saturated heterocycles. The minimum atomic E-state index is -3.87. The summed E-state index contributed by atoms with van der Waals surface area (Å²) < 4.78 is 41.5. The Morgan fingerprint density at radius 3 is 2.08 bits per heavy atom. The number of aryl methyl sites for hydroxylation is 2. The standard InChI is InChI=1S/C28H32FN3O4S/c1-20-11-10-12-21(2)27(20)32(37(4,35)36)19-26(33)31(18-23-15-8-9-16-24(23)29)25(28(34)30-3)17-22-13-6-5-7-14-22/h5-16,25H,17-19H2,1-4H3,(H,30,34)/t25-/m0/s1. The molecule has 37 heavy (non-hydrogen) atoms. The number of likely N-dealkylation sites (N-methyl/N-ethyl adjacent to an activating group) is 1. The second-order valence-corrected chi connectivity index (χ2v) is 10.8. The first kappa shape index (κ1) is 27.9. The van der Waals surface area contributed by atoms with Gasteiger partial charge in [-0.3, -0.25) is 13.9 Å². The highest BCUT2D eigenvalue weighted by molar-refractivity contribution is 7.92. The van der Waals surface area contributed by atoms with Gasteiger partial charge in [-0.15, -0.1) is 0 Å². The highest BCUT2D eigenvalue weighted by atomic mass is 32.2. The summed E-state index contributed by atoms with van der Waals surface area (Å²) in [7, 11) is -2.41. The molecule has 7 nitrogen and oxygen atoms in total. The van der Waals surface area contributed by atoms with Crippen LogP contribution in [0.2, 0.25) is 0 Å². The highest BCUT2D eigenvalue weighted by Gasteiger charge is 2.33. The molecule has 0 heterocycles. The molecule has 0 spiro atoms. The zero-order valence-corrected chi connectivity index (χ0v) is 22.3. The smallest absolute Gasteiger partial charge is 0.244 e. The number of anilines is 1. The fourth-order valence-electron chi connectivity index (χ4n) is 4.31. The Hall–Kier alpha value is -3.72. The molecule has 0 unspecified atom stereocenters. The molecule has 3 aromatic carbocycles. The number of halogens is 1. The lowest BCUT2D eigenvalue weighted by molar-refractivity contribution is -0.139. The van der Waals surface area contributed by atoms with Crippen molar-refractivity contribution in [3.63, 3.8) is 0 Å². The van der Waals surface area contributed by atoms with Gasteiger partial charge in [0.2, 0.25) is 21.8 Å². The van der Waals surface area contributed by atoms with Crippen molar-refractivity contribution in [2.45, 2.75) is 32.9 Å². The quantitative estimate of drug-likeness (QED) is 0.438. The number of para-hydroxylation sites is 1. The van der Waals surface area contributed by atoms with Crippen LogP contribution in [0.5, 0.6) is 0 Å². The largest absolute Gasteiger partial charge is 0.357 e. The summed E-state index contributed by atoms with van der Waals surface area (Å²) >= 11 is 0. The van der Waals surface area contributed by atoms with Gasteiger partial charge in [0.25, 0.3) is 0 Å². The molecule has 0 aliphatic rings. The zero-order chi connectivity index (χ0) is 27.2. The van der Waals surface area contributed by atoms with Crippen LogP contribution in [0, 0.1) is 19.7 Å².